The Morgan fingerprint density at radius 2 is 2.19 bits per heavy atom. The maximum atomic E-state index is 13.8. The number of rotatable bonds is 5. The zero-order valence-corrected chi connectivity index (χ0v) is 12.4. The molecule has 21 heavy (non-hydrogen) atoms. The maximum Gasteiger partial charge on any atom is 0.227 e. The Morgan fingerprint density at radius 3 is 2.86 bits per heavy atom. The number of nitrogens with one attached hydrogen (secondary N) is 1. The molecule has 1 heterocycles. The molecule has 0 bridgehead atoms. The molecule has 0 radical (unpaired) electrons. The molecule has 0 aromatic heterocycles. The minimum atomic E-state index is -0.439. The lowest BCUT2D eigenvalue weighted by atomic mass is 10.1. The van der Waals surface area contributed by atoms with Crippen molar-refractivity contribution >= 4 is 17.5 Å². The largest absolute Gasteiger partial charge is 0.353 e. The molecule has 2 rings (SSSR count). The molecule has 1 fully saturated rings. The smallest absolute Gasteiger partial charge is 0.227 e. The van der Waals surface area contributed by atoms with Crippen molar-refractivity contribution in [2.45, 2.75) is 39.2 Å². The molecule has 1 aliphatic rings. The zero-order chi connectivity index (χ0) is 15.4. The SMILES string of the molecule is CCCC(C)NC(=O)C1CC(=O)N(c2ccccc2F)C1. The molecule has 114 valence electrons. The molecule has 0 aliphatic carbocycles. The fourth-order valence-electron chi connectivity index (χ4n) is 2.65. The van der Waals surface area contributed by atoms with E-state index in [2.05, 4.69) is 12.2 Å². The lowest BCUT2D eigenvalue weighted by Crippen LogP contribution is -2.38. The second-order valence-electron chi connectivity index (χ2n) is 5.56. The van der Waals surface area contributed by atoms with E-state index in [1.165, 1.54) is 11.0 Å². The second kappa shape index (κ2) is 6.70. The number of hydrogen-bond acceptors (Lipinski definition) is 2. The highest BCUT2D eigenvalue weighted by Crippen LogP contribution is 2.27. The van der Waals surface area contributed by atoms with Gasteiger partial charge in [0.1, 0.15) is 5.82 Å². The molecule has 2 atom stereocenters. The fourth-order valence-corrected chi connectivity index (χ4v) is 2.65. The number of nitrogens with zero attached hydrogens (tertiary/aromatic N) is 1. The normalized spacial score (nSPS) is 19.7. The van der Waals surface area contributed by atoms with Crippen LogP contribution in [-0.4, -0.2) is 24.4 Å². The first-order valence-electron chi connectivity index (χ1n) is 7.38. The van der Waals surface area contributed by atoms with Gasteiger partial charge in [-0.25, -0.2) is 4.39 Å². The summed E-state index contributed by atoms with van der Waals surface area (Å²) in [4.78, 5) is 25.6. The minimum absolute atomic E-state index is 0.0973. The van der Waals surface area contributed by atoms with E-state index in [4.69, 9.17) is 0 Å². The van der Waals surface area contributed by atoms with Crippen molar-refractivity contribution in [1.82, 2.24) is 5.32 Å². The van der Waals surface area contributed by atoms with Gasteiger partial charge in [-0.1, -0.05) is 25.5 Å². The van der Waals surface area contributed by atoms with E-state index in [1.807, 2.05) is 6.92 Å². The van der Waals surface area contributed by atoms with Crippen LogP contribution in [0.5, 0.6) is 0 Å². The predicted molar refractivity (Wildman–Crippen MR) is 79.4 cm³/mol. The number of benzene rings is 1. The monoisotopic (exact) mass is 292 g/mol. The van der Waals surface area contributed by atoms with Gasteiger partial charge in [0.25, 0.3) is 0 Å². The summed E-state index contributed by atoms with van der Waals surface area (Å²) in [5.41, 5.74) is 0.249. The summed E-state index contributed by atoms with van der Waals surface area (Å²) in [5.74, 6) is -1.17. The van der Waals surface area contributed by atoms with Crippen LogP contribution in [0.1, 0.15) is 33.1 Å². The number of anilines is 1. The number of para-hydroxylation sites is 1. The van der Waals surface area contributed by atoms with Crippen LogP contribution in [0.4, 0.5) is 10.1 Å². The highest BCUT2D eigenvalue weighted by atomic mass is 19.1. The molecule has 0 spiro atoms. The Kier molecular flexibility index (Phi) is 4.94. The van der Waals surface area contributed by atoms with Crippen LogP contribution in [0.25, 0.3) is 0 Å². The first kappa shape index (κ1) is 15.5. The van der Waals surface area contributed by atoms with Crippen LogP contribution >= 0.6 is 0 Å². The number of hydrogen-bond donors (Lipinski definition) is 1. The first-order valence-corrected chi connectivity index (χ1v) is 7.38. The van der Waals surface area contributed by atoms with Gasteiger partial charge in [-0.3, -0.25) is 9.59 Å². The Balaban J connectivity index is 2.03. The summed E-state index contributed by atoms with van der Waals surface area (Å²) in [7, 11) is 0. The zero-order valence-electron chi connectivity index (χ0n) is 12.4. The summed E-state index contributed by atoms with van der Waals surface area (Å²) < 4.78 is 13.8. The molecule has 0 saturated carbocycles. The van der Waals surface area contributed by atoms with E-state index in [0.29, 0.717) is 0 Å². The van der Waals surface area contributed by atoms with Gasteiger partial charge >= 0.3 is 0 Å². The Bertz CT molecular complexity index is 533. The molecule has 1 aliphatic heterocycles. The van der Waals surface area contributed by atoms with Gasteiger partial charge in [-0.05, 0) is 25.5 Å². The van der Waals surface area contributed by atoms with Crippen LogP contribution in [0.3, 0.4) is 0 Å². The van der Waals surface area contributed by atoms with E-state index in [-0.39, 0.29) is 36.5 Å². The molecule has 4 nitrogen and oxygen atoms in total. The number of carbonyl (C=O) groups excluding carboxylic acids is 2. The van der Waals surface area contributed by atoms with Crippen LogP contribution < -0.4 is 10.2 Å². The predicted octanol–water partition coefficient (Wildman–Crippen LogP) is 2.48. The van der Waals surface area contributed by atoms with Gasteiger partial charge in [-0.2, -0.15) is 0 Å². The molecule has 1 aromatic rings. The quantitative estimate of drug-likeness (QED) is 0.906. The van der Waals surface area contributed by atoms with Gasteiger partial charge in [0.05, 0.1) is 11.6 Å². The van der Waals surface area contributed by atoms with Gasteiger partial charge in [0.15, 0.2) is 0 Å². The van der Waals surface area contributed by atoms with Crippen molar-refractivity contribution in [3.8, 4) is 0 Å². The van der Waals surface area contributed by atoms with Gasteiger partial charge < -0.3 is 10.2 Å². The van der Waals surface area contributed by atoms with Crippen molar-refractivity contribution in [1.29, 1.82) is 0 Å². The molecule has 5 heteroatoms. The van der Waals surface area contributed by atoms with Crippen molar-refractivity contribution in [3.05, 3.63) is 30.1 Å². The summed E-state index contributed by atoms with van der Waals surface area (Å²) in [6.45, 7) is 4.25. The standard InChI is InChI=1S/C16H21FN2O2/c1-3-6-11(2)18-16(21)12-9-15(20)19(10-12)14-8-5-4-7-13(14)17/h4-5,7-8,11-12H,3,6,9-10H2,1-2H3,(H,18,21). The molecule has 1 N–H and O–H groups in total. The molecular formula is C16H21FN2O2. The second-order valence-corrected chi connectivity index (χ2v) is 5.56. The third-order valence-corrected chi connectivity index (χ3v) is 3.75. The Hall–Kier alpha value is -1.91. The first-order chi connectivity index (χ1) is 10.0. The average molecular weight is 292 g/mol. The number of amides is 2. The van der Waals surface area contributed by atoms with Crippen molar-refractivity contribution in [2.75, 3.05) is 11.4 Å². The Morgan fingerprint density at radius 1 is 1.48 bits per heavy atom. The molecule has 1 aromatic carbocycles. The van der Waals surface area contributed by atoms with E-state index in [0.717, 1.165) is 12.8 Å². The number of carbonyl (C=O) groups is 2. The number of halogens is 1. The van der Waals surface area contributed by atoms with E-state index in [9.17, 15) is 14.0 Å². The third-order valence-electron chi connectivity index (χ3n) is 3.75. The fraction of sp³-hybridized carbons (Fsp3) is 0.500. The van der Waals surface area contributed by atoms with Crippen LogP contribution in [0.2, 0.25) is 0 Å². The molecule has 2 unspecified atom stereocenters. The lowest BCUT2D eigenvalue weighted by molar-refractivity contribution is -0.126. The van der Waals surface area contributed by atoms with Crippen molar-refractivity contribution < 1.29 is 14.0 Å². The van der Waals surface area contributed by atoms with Crippen molar-refractivity contribution in [3.63, 3.8) is 0 Å². The van der Waals surface area contributed by atoms with Crippen molar-refractivity contribution in [2.24, 2.45) is 5.92 Å². The van der Waals surface area contributed by atoms with Gasteiger partial charge in [0.2, 0.25) is 11.8 Å². The highest BCUT2D eigenvalue weighted by molar-refractivity contribution is 6.00. The van der Waals surface area contributed by atoms with Gasteiger partial charge in [-0.15, -0.1) is 0 Å². The molecular weight excluding hydrogens is 271 g/mol. The Labute approximate surface area is 124 Å². The maximum absolute atomic E-state index is 13.8. The summed E-state index contributed by atoms with van der Waals surface area (Å²) in [6.07, 6.45) is 2.04. The van der Waals surface area contributed by atoms with E-state index in [1.54, 1.807) is 18.2 Å². The lowest BCUT2D eigenvalue weighted by Gasteiger charge is -2.18. The summed E-state index contributed by atoms with van der Waals surface area (Å²) >= 11 is 0. The van der Waals surface area contributed by atoms with Crippen LogP contribution in [0.15, 0.2) is 24.3 Å². The van der Waals surface area contributed by atoms with E-state index >= 15 is 0 Å². The van der Waals surface area contributed by atoms with Gasteiger partial charge in [0, 0.05) is 19.0 Å². The van der Waals surface area contributed by atoms with E-state index < -0.39 is 11.7 Å². The topological polar surface area (TPSA) is 49.4 Å². The average Bonchev–Trinajstić information content (AvgIpc) is 2.81. The van der Waals surface area contributed by atoms with Crippen LogP contribution in [0, 0.1) is 11.7 Å². The molecule has 1 saturated heterocycles. The minimum Gasteiger partial charge on any atom is -0.353 e. The third kappa shape index (κ3) is 3.60. The van der Waals surface area contributed by atoms with Crippen LogP contribution in [-0.2, 0) is 9.59 Å². The summed E-state index contributed by atoms with van der Waals surface area (Å²) in [6, 6.07) is 6.24. The summed E-state index contributed by atoms with van der Waals surface area (Å²) in [5, 5.41) is 2.92. The molecule has 2 amide bonds. The highest BCUT2D eigenvalue weighted by Gasteiger charge is 2.36.